The van der Waals surface area contributed by atoms with Crippen LogP contribution in [0.4, 0.5) is 0 Å². The Bertz CT molecular complexity index is 523. The van der Waals surface area contributed by atoms with Crippen LogP contribution in [0.5, 0.6) is 0 Å². The fourth-order valence-electron chi connectivity index (χ4n) is 3.41. The van der Waals surface area contributed by atoms with E-state index in [1.807, 2.05) is 0 Å². The first-order valence-corrected chi connectivity index (χ1v) is 7.20. The maximum Gasteiger partial charge on any atom is 0.0921 e. The SMILES string of the molecule is CN(C)CCC1(C)OCCC2=C1c1ccccc1C2.Cl. The molecule has 0 fully saturated rings. The van der Waals surface area contributed by atoms with Crippen LogP contribution < -0.4 is 0 Å². The molecule has 3 heteroatoms. The van der Waals surface area contributed by atoms with Gasteiger partial charge in [-0.2, -0.15) is 0 Å². The number of benzene rings is 1. The van der Waals surface area contributed by atoms with Crippen molar-refractivity contribution in [2.75, 3.05) is 27.2 Å². The lowest BCUT2D eigenvalue weighted by atomic mass is 9.84. The molecule has 1 heterocycles. The fourth-order valence-corrected chi connectivity index (χ4v) is 3.41. The van der Waals surface area contributed by atoms with Crippen LogP contribution in [0.15, 0.2) is 29.8 Å². The molecule has 20 heavy (non-hydrogen) atoms. The summed E-state index contributed by atoms with van der Waals surface area (Å²) in [5.41, 5.74) is 5.89. The van der Waals surface area contributed by atoms with Crippen molar-refractivity contribution in [1.29, 1.82) is 0 Å². The maximum atomic E-state index is 6.20. The first-order chi connectivity index (χ1) is 9.10. The summed E-state index contributed by atoms with van der Waals surface area (Å²) in [6, 6.07) is 8.82. The fraction of sp³-hybridized carbons (Fsp3) is 0.529. The van der Waals surface area contributed by atoms with E-state index in [4.69, 9.17) is 4.74 Å². The predicted molar refractivity (Wildman–Crippen MR) is 86.5 cm³/mol. The van der Waals surface area contributed by atoms with E-state index < -0.39 is 0 Å². The Morgan fingerprint density at radius 2 is 2.00 bits per heavy atom. The molecule has 0 aromatic heterocycles. The summed E-state index contributed by atoms with van der Waals surface area (Å²) in [4.78, 5) is 2.24. The molecule has 1 atom stereocenters. The Labute approximate surface area is 128 Å². The van der Waals surface area contributed by atoms with Gasteiger partial charge in [0, 0.05) is 6.54 Å². The minimum Gasteiger partial charge on any atom is -0.370 e. The van der Waals surface area contributed by atoms with Crippen LogP contribution in [-0.2, 0) is 11.2 Å². The molecule has 3 rings (SSSR count). The van der Waals surface area contributed by atoms with Crippen molar-refractivity contribution in [3.63, 3.8) is 0 Å². The van der Waals surface area contributed by atoms with E-state index in [2.05, 4.69) is 50.2 Å². The first kappa shape index (κ1) is 15.6. The number of rotatable bonds is 3. The van der Waals surface area contributed by atoms with E-state index in [1.165, 1.54) is 16.7 Å². The van der Waals surface area contributed by atoms with Crippen molar-refractivity contribution in [3.8, 4) is 0 Å². The molecule has 0 bridgehead atoms. The lowest BCUT2D eigenvalue weighted by Gasteiger charge is -2.37. The van der Waals surface area contributed by atoms with Crippen LogP contribution in [0.1, 0.15) is 30.9 Å². The summed E-state index contributed by atoms with van der Waals surface area (Å²) in [7, 11) is 4.26. The molecule has 0 radical (unpaired) electrons. The van der Waals surface area contributed by atoms with Crippen molar-refractivity contribution in [2.45, 2.75) is 31.8 Å². The third-order valence-corrected chi connectivity index (χ3v) is 4.43. The Morgan fingerprint density at radius 3 is 2.75 bits per heavy atom. The van der Waals surface area contributed by atoms with Gasteiger partial charge >= 0.3 is 0 Å². The minimum absolute atomic E-state index is 0. The van der Waals surface area contributed by atoms with Crippen molar-refractivity contribution < 1.29 is 4.74 Å². The summed E-state index contributed by atoms with van der Waals surface area (Å²) < 4.78 is 6.20. The Balaban J connectivity index is 0.00000147. The third-order valence-electron chi connectivity index (χ3n) is 4.43. The van der Waals surface area contributed by atoms with Gasteiger partial charge in [0.25, 0.3) is 0 Å². The van der Waals surface area contributed by atoms with Gasteiger partial charge in [-0.25, -0.2) is 0 Å². The smallest absolute Gasteiger partial charge is 0.0921 e. The van der Waals surface area contributed by atoms with E-state index in [1.54, 1.807) is 5.57 Å². The van der Waals surface area contributed by atoms with Gasteiger partial charge < -0.3 is 9.64 Å². The molecule has 0 amide bonds. The Hall–Kier alpha value is -0.830. The van der Waals surface area contributed by atoms with Gasteiger partial charge in [0.05, 0.1) is 12.2 Å². The molecule has 1 aliphatic heterocycles. The Morgan fingerprint density at radius 1 is 1.25 bits per heavy atom. The van der Waals surface area contributed by atoms with Crippen molar-refractivity contribution >= 4 is 18.0 Å². The average molecular weight is 294 g/mol. The van der Waals surface area contributed by atoms with Crippen LogP contribution in [0.3, 0.4) is 0 Å². The largest absolute Gasteiger partial charge is 0.370 e. The second-order valence-corrected chi connectivity index (χ2v) is 6.20. The lowest BCUT2D eigenvalue weighted by Crippen LogP contribution is -2.37. The van der Waals surface area contributed by atoms with E-state index in [0.717, 1.165) is 32.4 Å². The van der Waals surface area contributed by atoms with Gasteiger partial charge in [0.1, 0.15) is 0 Å². The van der Waals surface area contributed by atoms with Gasteiger partial charge in [-0.15, -0.1) is 12.4 Å². The van der Waals surface area contributed by atoms with E-state index >= 15 is 0 Å². The number of hydrogen-bond acceptors (Lipinski definition) is 2. The molecule has 1 aliphatic carbocycles. The van der Waals surface area contributed by atoms with Gasteiger partial charge in [0.15, 0.2) is 0 Å². The van der Waals surface area contributed by atoms with E-state index in [-0.39, 0.29) is 18.0 Å². The molecular formula is C17H24ClNO. The zero-order valence-corrected chi connectivity index (χ0v) is 13.4. The summed E-state index contributed by atoms with van der Waals surface area (Å²) in [5.74, 6) is 0. The highest BCUT2D eigenvalue weighted by molar-refractivity contribution is 5.85. The quantitative estimate of drug-likeness (QED) is 0.845. The topological polar surface area (TPSA) is 12.5 Å². The number of hydrogen-bond donors (Lipinski definition) is 0. The molecular weight excluding hydrogens is 270 g/mol. The second-order valence-electron chi connectivity index (χ2n) is 6.20. The molecule has 0 N–H and O–H groups in total. The average Bonchev–Trinajstić information content (AvgIpc) is 2.76. The number of halogens is 1. The van der Waals surface area contributed by atoms with Crippen LogP contribution in [-0.4, -0.2) is 37.7 Å². The van der Waals surface area contributed by atoms with Crippen molar-refractivity contribution in [3.05, 3.63) is 41.0 Å². The molecule has 1 aromatic carbocycles. The van der Waals surface area contributed by atoms with Gasteiger partial charge in [0.2, 0.25) is 0 Å². The summed E-state index contributed by atoms with van der Waals surface area (Å²) >= 11 is 0. The van der Waals surface area contributed by atoms with E-state index in [9.17, 15) is 0 Å². The third kappa shape index (κ3) is 2.65. The number of ether oxygens (including phenoxy) is 1. The lowest BCUT2D eigenvalue weighted by molar-refractivity contribution is -0.00285. The Kier molecular flexibility index (Phi) is 4.58. The zero-order chi connectivity index (χ0) is 13.5. The van der Waals surface area contributed by atoms with Crippen LogP contribution in [0, 0.1) is 0 Å². The first-order valence-electron chi connectivity index (χ1n) is 7.20. The second kappa shape index (κ2) is 5.88. The molecule has 0 spiro atoms. The molecule has 110 valence electrons. The molecule has 1 aromatic rings. The number of fused-ring (bicyclic) bond motifs is 2. The van der Waals surface area contributed by atoms with Crippen LogP contribution >= 0.6 is 12.4 Å². The van der Waals surface area contributed by atoms with Crippen LogP contribution in [0.2, 0.25) is 0 Å². The number of nitrogens with zero attached hydrogens (tertiary/aromatic N) is 1. The highest BCUT2D eigenvalue weighted by Crippen LogP contribution is 2.46. The summed E-state index contributed by atoms with van der Waals surface area (Å²) in [6.45, 7) is 4.21. The zero-order valence-electron chi connectivity index (χ0n) is 12.6. The molecule has 1 unspecified atom stereocenters. The highest BCUT2D eigenvalue weighted by atomic mass is 35.5. The highest BCUT2D eigenvalue weighted by Gasteiger charge is 2.39. The molecule has 0 saturated carbocycles. The summed E-state index contributed by atoms with van der Waals surface area (Å²) in [6.07, 6.45) is 3.29. The molecule has 2 aliphatic rings. The van der Waals surface area contributed by atoms with Gasteiger partial charge in [-0.1, -0.05) is 29.8 Å². The van der Waals surface area contributed by atoms with Crippen molar-refractivity contribution in [2.24, 2.45) is 0 Å². The predicted octanol–water partition coefficient (Wildman–Crippen LogP) is 3.55. The maximum absolute atomic E-state index is 6.20. The standard InChI is InChI=1S/C17H23NO.ClH/c1-17(9-10-18(2)3)16-14(8-11-19-17)12-13-6-4-5-7-15(13)16;/h4-7H,8-12H2,1-3H3;1H. The van der Waals surface area contributed by atoms with Gasteiger partial charge in [-0.05, 0) is 57.0 Å². The molecule has 0 saturated heterocycles. The minimum atomic E-state index is -0.107. The van der Waals surface area contributed by atoms with Crippen molar-refractivity contribution in [1.82, 2.24) is 4.90 Å². The monoisotopic (exact) mass is 293 g/mol. The van der Waals surface area contributed by atoms with Crippen LogP contribution in [0.25, 0.3) is 5.57 Å². The molecule has 2 nitrogen and oxygen atoms in total. The van der Waals surface area contributed by atoms with E-state index in [0.29, 0.717) is 0 Å². The van der Waals surface area contributed by atoms with Gasteiger partial charge in [-0.3, -0.25) is 0 Å². The summed E-state index contributed by atoms with van der Waals surface area (Å²) in [5, 5.41) is 0. The normalized spacial score (nSPS) is 24.4.